The van der Waals surface area contributed by atoms with Crippen molar-refractivity contribution < 1.29 is 5.11 Å². The van der Waals surface area contributed by atoms with Crippen molar-refractivity contribution in [1.29, 1.82) is 5.26 Å². The Hall–Kier alpha value is -1.18. The average Bonchev–Trinajstić information content (AvgIpc) is 2.43. The molecule has 1 aromatic heterocycles. The molecule has 2 nitrogen and oxygen atoms in total. The number of thiophene rings is 1. The third kappa shape index (κ3) is 1.26. The largest absolute Gasteiger partial charge is 0.505 e. The average molecular weight is 207 g/mol. The minimum absolute atomic E-state index is 0.167. The Labute approximate surface area is 84.5 Å². The van der Waals surface area contributed by atoms with Gasteiger partial charge in [-0.3, -0.25) is 0 Å². The zero-order valence-electron chi connectivity index (χ0n) is 6.48. The van der Waals surface area contributed by atoms with Crippen LogP contribution in [0.2, 0.25) is 0 Å². The Bertz CT molecular complexity index is 510. The minimum atomic E-state index is 0.167. The van der Waals surface area contributed by atoms with Crippen molar-refractivity contribution in [3.8, 4) is 11.8 Å². The predicted octanol–water partition coefficient (Wildman–Crippen LogP) is 2.77. The molecule has 0 saturated carbocycles. The van der Waals surface area contributed by atoms with Crippen LogP contribution in [0.25, 0.3) is 10.1 Å². The molecule has 2 aromatic rings. The fraction of sp³-hybridized carbons (Fsp3) is 0. The molecular formula is C9H5NOS2. The molecule has 4 heteroatoms. The second kappa shape index (κ2) is 2.95. The Balaban J connectivity index is 2.84. The maximum atomic E-state index is 9.54. The molecule has 0 atom stereocenters. The lowest BCUT2D eigenvalue weighted by molar-refractivity contribution is 0.473. The van der Waals surface area contributed by atoms with Crippen molar-refractivity contribution >= 4 is 34.1 Å². The van der Waals surface area contributed by atoms with E-state index in [1.165, 1.54) is 11.3 Å². The predicted molar refractivity (Wildman–Crippen MR) is 55.5 cm³/mol. The van der Waals surface area contributed by atoms with E-state index in [1.807, 2.05) is 12.1 Å². The first kappa shape index (κ1) is 8.42. The standard InChI is InChI=1S/C9H5NOS2/c10-4-5-1-2-7-6(3-5)8(11)9(12)13-7/h1-3,11-12H. The van der Waals surface area contributed by atoms with Gasteiger partial charge in [-0.2, -0.15) is 5.26 Å². The number of benzene rings is 1. The lowest BCUT2D eigenvalue weighted by Gasteiger charge is -1.90. The second-order valence-electron chi connectivity index (χ2n) is 2.58. The summed E-state index contributed by atoms with van der Waals surface area (Å²) < 4.78 is 1.53. The van der Waals surface area contributed by atoms with Gasteiger partial charge in [0.05, 0.1) is 15.8 Å². The Kier molecular flexibility index (Phi) is 1.91. The third-order valence-corrected chi connectivity index (χ3v) is 3.22. The highest BCUT2D eigenvalue weighted by Crippen LogP contribution is 2.39. The Morgan fingerprint density at radius 1 is 1.46 bits per heavy atom. The lowest BCUT2D eigenvalue weighted by atomic mass is 10.2. The molecule has 0 amide bonds. The normalized spacial score (nSPS) is 10.2. The third-order valence-electron chi connectivity index (χ3n) is 1.77. The molecule has 0 unspecified atom stereocenters. The van der Waals surface area contributed by atoms with Crippen LogP contribution in [0.3, 0.4) is 0 Å². The summed E-state index contributed by atoms with van der Waals surface area (Å²) in [5.41, 5.74) is 0.550. The van der Waals surface area contributed by atoms with Gasteiger partial charge >= 0.3 is 0 Å². The quantitative estimate of drug-likeness (QED) is 0.652. The lowest BCUT2D eigenvalue weighted by Crippen LogP contribution is -1.71. The van der Waals surface area contributed by atoms with E-state index in [0.717, 1.165) is 4.70 Å². The number of nitrogens with zero attached hydrogens (tertiary/aromatic N) is 1. The molecule has 0 bridgehead atoms. The van der Waals surface area contributed by atoms with Crippen LogP contribution in [0, 0.1) is 11.3 Å². The van der Waals surface area contributed by atoms with Gasteiger partial charge in [-0.25, -0.2) is 0 Å². The summed E-state index contributed by atoms with van der Waals surface area (Å²) in [6.45, 7) is 0. The van der Waals surface area contributed by atoms with E-state index in [0.29, 0.717) is 15.2 Å². The SMILES string of the molecule is N#Cc1ccc2sc(S)c(O)c2c1. The van der Waals surface area contributed by atoms with E-state index in [2.05, 4.69) is 12.6 Å². The molecule has 1 N–H and O–H groups in total. The topological polar surface area (TPSA) is 44.0 Å². The first-order valence-electron chi connectivity index (χ1n) is 3.57. The number of hydrogen-bond donors (Lipinski definition) is 2. The van der Waals surface area contributed by atoms with Crippen LogP contribution in [-0.2, 0) is 0 Å². The molecule has 0 saturated heterocycles. The zero-order valence-corrected chi connectivity index (χ0v) is 8.19. The number of thiol groups is 1. The first-order valence-corrected chi connectivity index (χ1v) is 4.83. The van der Waals surface area contributed by atoms with Crippen LogP contribution in [0.5, 0.6) is 5.75 Å². The van der Waals surface area contributed by atoms with E-state index >= 15 is 0 Å². The van der Waals surface area contributed by atoms with E-state index in [4.69, 9.17) is 5.26 Å². The van der Waals surface area contributed by atoms with Crippen LogP contribution in [0.15, 0.2) is 22.4 Å². The monoisotopic (exact) mass is 207 g/mol. The molecular weight excluding hydrogens is 202 g/mol. The molecule has 0 spiro atoms. The van der Waals surface area contributed by atoms with Crippen molar-refractivity contribution in [2.24, 2.45) is 0 Å². The molecule has 64 valence electrons. The van der Waals surface area contributed by atoms with Crippen LogP contribution in [-0.4, -0.2) is 5.11 Å². The van der Waals surface area contributed by atoms with Gasteiger partial charge in [0, 0.05) is 10.1 Å². The van der Waals surface area contributed by atoms with Gasteiger partial charge in [-0.15, -0.1) is 24.0 Å². The fourth-order valence-electron chi connectivity index (χ4n) is 1.14. The maximum Gasteiger partial charge on any atom is 0.147 e. The molecule has 0 fully saturated rings. The van der Waals surface area contributed by atoms with E-state index in [9.17, 15) is 5.11 Å². The van der Waals surface area contributed by atoms with E-state index in [-0.39, 0.29) is 5.75 Å². The summed E-state index contributed by atoms with van der Waals surface area (Å²) in [5, 5.41) is 18.9. The summed E-state index contributed by atoms with van der Waals surface area (Å²) >= 11 is 5.51. The molecule has 1 heterocycles. The molecule has 0 aliphatic heterocycles. The van der Waals surface area contributed by atoms with Crippen molar-refractivity contribution in [1.82, 2.24) is 0 Å². The first-order chi connectivity index (χ1) is 6.22. The summed E-state index contributed by atoms with van der Waals surface area (Å²) in [6, 6.07) is 7.24. The summed E-state index contributed by atoms with van der Waals surface area (Å²) in [7, 11) is 0. The molecule has 0 aliphatic rings. The second-order valence-corrected chi connectivity index (χ2v) is 4.38. The summed E-state index contributed by atoms with van der Waals surface area (Å²) in [5.74, 6) is 0.167. The van der Waals surface area contributed by atoms with E-state index in [1.54, 1.807) is 12.1 Å². The fourth-order valence-corrected chi connectivity index (χ4v) is 2.37. The van der Waals surface area contributed by atoms with Gasteiger partial charge in [0.25, 0.3) is 0 Å². The zero-order chi connectivity index (χ0) is 9.42. The van der Waals surface area contributed by atoms with Crippen LogP contribution in [0.4, 0.5) is 0 Å². The summed E-state index contributed by atoms with van der Waals surface area (Å²) in [4.78, 5) is 0. The Morgan fingerprint density at radius 2 is 2.23 bits per heavy atom. The highest BCUT2D eigenvalue weighted by molar-refractivity contribution is 7.83. The number of aromatic hydroxyl groups is 1. The van der Waals surface area contributed by atoms with Crippen molar-refractivity contribution in [2.75, 3.05) is 0 Å². The maximum absolute atomic E-state index is 9.54. The van der Waals surface area contributed by atoms with Gasteiger partial charge in [-0.1, -0.05) is 0 Å². The van der Waals surface area contributed by atoms with Crippen LogP contribution >= 0.6 is 24.0 Å². The molecule has 0 aliphatic carbocycles. The highest BCUT2D eigenvalue weighted by Gasteiger charge is 2.08. The molecule has 0 radical (unpaired) electrons. The number of nitriles is 1. The molecule has 13 heavy (non-hydrogen) atoms. The number of rotatable bonds is 0. The van der Waals surface area contributed by atoms with Gasteiger partial charge in [-0.05, 0) is 18.2 Å². The Morgan fingerprint density at radius 3 is 2.92 bits per heavy atom. The highest BCUT2D eigenvalue weighted by atomic mass is 32.2. The molecule has 2 rings (SSSR count). The number of hydrogen-bond acceptors (Lipinski definition) is 4. The van der Waals surface area contributed by atoms with Gasteiger partial charge in [0.2, 0.25) is 0 Å². The van der Waals surface area contributed by atoms with Gasteiger partial charge in [0.1, 0.15) is 5.75 Å². The van der Waals surface area contributed by atoms with Gasteiger partial charge in [0.15, 0.2) is 0 Å². The van der Waals surface area contributed by atoms with Gasteiger partial charge < -0.3 is 5.11 Å². The van der Waals surface area contributed by atoms with E-state index < -0.39 is 0 Å². The van der Waals surface area contributed by atoms with Crippen molar-refractivity contribution in [2.45, 2.75) is 4.21 Å². The minimum Gasteiger partial charge on any atom is -0.505 e. The summed E-state index contributed by atoms with van der Waals surface area (Å²) in [6.07, 6.45) is 0. The van der Waals surface area contributed by atoms with Crippen molar-refractivity contribution in [3.05, 3.63) is 23.8 Å². The van der Waals surface area contributed by atoms with Crippen LogP contribution in [0.1, 0.15) is 5.56 Å². The van der Waals surface area contributed by atoms with Crippen molar-refractivity contribution in [3.63, 3.8) is 0 Å². The number of fused-ring (bicyclic) bond motifs is 1. The smallest absolute Gasteiger partial charge is 0.147 e. The molecule has 1 aromatic carbocycles. The van der Waals surface area contributed by atoms with Crippen LogP contribution < -0.4 is 0 Å².